The molecule has 0 spiro atoms. The summed E-state index contributed by atoms with van der Waals surface area (Å²) in [5, 5.41) is 0.541. The zero-order chi connectivity index (χ0) is 13.6. The Kier molecular flexibility index (Phi) is 3.33. The third kappa shape index (κ3) is 2.52. The van der Waals surface area contributed by atoms with Crippen LogP contribution >= 0.6 is 11.6 Å². The number of halogens is 1. The summed E-state index contributed by atoms with van der Waals surface area (Å²) in [6, 6.07) is 4.71. The van der Waals surface area contributed by atoms with Crippen molar-refractivity contribution >= 4 is 21.6 Å². The van der Waals surface area contributed by atoms with Gasteiger partial charge >= 0.3 is 0 Å². The van der Waals surface area contributed by atoms with Gasteiger partial charge in [-0.25, -0.2) is 13.1 Å². The van der Waals surface area contributed by atoms with E-state index in [4.69, 9.17) is 16.3 Å². The molecule has 1 N–H and O–H groups in total. The second-order valence-corrected chi connectivity index (χ2v) is 7.37. The lowest BCUT2D eigenvalue weighted by Gasteiger charge is -2.20. The molecule has 4 nitrogen and oxygen atoms in total. The Bertz CT molecular complexity index is 602. The van der Waals surface area contributed by atoms with Gasteiger partial charge < -0.3 is 4.74 Å². The quantitative estimate of drug-likeness (QED) is 0.931. The molecule has 2 bridgehead atoms. The molecule has 0 saturated carbocycles. The average molecular weight is 302 g/mol. The summed E-state index contributed by atoms with van der Waals surface area (Å²) in [6.07, 6.45) is 3.02. The summed E-state index contributed by atoms with van der Waals surface area (Å²) in [5.74, 6) is 0. The molecule has 2 aliphatic heterocycles. The van der Waals surface area contributed by atoms with Crippen LogP contribution in [0.15, 0.2) is 23.1 Å². The van der Waals surface area contributed by atoms with Crippen molar-refractivity contribution in [2.75, 3.05) is 0 Å². The van der Waals surface area contributed by atoms with Gasteiger partial charge in [-0.3, -0.25) is 0 Å². The Labute approximate surface area is 118 Å². The van der Waals surface area contributed by atoms with Crippen LogP contribution in [0.3, 0.4) is 0 Å². The van der Waals surface area contributed by atoms with Crippen LogP contribution in [0.2, 0.25) is 5.02 Å². The molecule has 104 valence electrons. The highest BCUT2D eigenvalue weighted by molar-refractivity contribution is 7.89. The first kappa shape index (κ1) is 13.4. The van der Waals surface area contributed by atoms with Gasteiger partial charge in [0, 0.05) is 5.02 Å². The molecule has 2 heterocycles. The fourth-order valence-corrected chi connectivity index (χ4v) is 4.67. The summed E-state index contributed by atoms with van der Waals surface area (Å²) in [4.78, 5) is 0.291. The predicted molar refractivity (Wildman–Crippen MR) is 72.8 cm³/mol. The van der Waals surface area contributed by atoms with Crippen LogP contribution in [0.25, 0.3) is 0 Å². The number of hydrogen-bond acceptors (Lipinski definition) is 3. The van der Waals surface area contributed by atoms with Crippen LogP contribution < -0.4 is 4.72 Å². The summed E-state index contributed by atoms with van der Waals surface area (Å²) in [5.41, 5.74) is 0.657. The molecule has 0 unspecified atom stereocenters. The second kappa shape index (κ2) is 4.74. The van der Waals surface area contributed by atoms with E-state index in [0.717, 1.165) is 19.3 Å². The van der Waals surface area contributed by atoms with E-state index in [1.165, 1.54) is 0 Å². The maximum Gasteiger partial charge on any atom is 0.241 e. The van der Waals surface area contributed by atoms with Gasteiger partial charge in [0.2, 0.25) is 10.0 Å². The van der Waals surface area contributed by atoms with Gasteiger partial charge in [0.25, 0.3) is 0 Å². The highest BCUT2D eigenvalue weighted by Gasteiger charge is 2.42. The first-order chi connectivity index (χ1) is 8.95. The molecule has 3 rings (SSSR count). The highest BCUT2D eigenvalue weighted by Crippen LogP contribution is 2.35. The van der Waals surface area contributed by atoms with Crippen LogP contribution in [0.4, 0.5) is 0 Å². The van der Waals surface area contributed by atoms with Crippen molar-refractivity contribution in [2.24, 2.45) is 0 Å². The van der Waals surface area contributed by atoms with E-state index < -0.39 is 10.0 Å². The van der Waals surface area contributed by atoms with Crippen molar-refractivity contribution in [3.8, 4) is 0 Å². The van der Waals surface area contributed by atoms with E-state index in [1.54, 1.807) is 25.1 Å². The van der Waals surface area contributed by atoms with E-state index in [2.05, 4.69) is 4.72 Å². The van der Waals surface area contributed by atoms with Crippen molar-refractivity contribution < 1.29 is 13.2 Å². The fraction of sp³-hybridized carbons (Fsp3) is 0.538. The second-order valence-electron chi connectivity index (χ2n) is 5.25. The number of benzene rings is 1. The van der Waals surface area contributed by atoms with Crippen molar-refractivity contribution in [2.45, 2.75) is 49.3 Å². The Morgan fingerprint density at radius 2 is 2.16 bits per heavy atom. The Morgan fingerprint density at radius 1 is 1.37 bits per heavy atom. The van der Waals surface area contributed by atoms with Crippen molar-refractivity contribution in [3.05, 3.63) is 28.8 Å². The normalized spacial score (nSPS) is 29.9. The number of sulfonamides is 1. The summed E-state index contributed by atoms with van der Waals surface area (Å²) in [7, 11) is -3.50. The molecule has 0 aliphatic carbocycles. The standard InChI is InChI=1S/C13H16ClNO3S/c1-8-6-9(14)2-5-13(8)19(16,17)15-11-7-10-3-4-12(11)18-10/h2,5-6,10-12,15H,3-4,7H2,1H3/t10-,11+,12-/m1/s1. The van der Waals surface area contributed by atoms with Crippen LogP contribution in [0.5, 0.6) is 0 Å². The molecular formula is C13H16ClNO3S. The van der Waals surface area contributed by atoms with E-state index >= 15 is 0 Å². The minimum atomic E-state index is -3.50. The molecule has 3 atom stereocenters. The molecule has 0 aromatic heterocycles. The molecule has 6 heteroatoms. The lowest BCUT2D eigenvalue weighted by Crippen LogP contribution is -2.41. The number of hydrogen-bond donors (Lipinski definition) is 1. The van der Waals surface area contributed by atoms with Crippen LogP contribution in [-0.4, -0.2) is 26.7 Å². The maximum atomic E-state index is 12.4. The summed E-state index contributed by atoms with van der Waals surface area (Å²) >= 11 is 5.85. The molecule has 0 radical (unpaired) electrons. The first-order valence-corrected chi connectivity index (χ1v) is 8.26. The van der Waals surface area contributed by atoms with E-state index in [1.807, 2.05) is 0 Å². The Balaban J connectivity index is 1.83. The van der Waals surface area contributed by atoms with Gasteiger partial charge in [0.1, 0.15) is 0 Å². The van der Waals surface area contributed by atoms with Gasteiger partial charge in [0.15, 0.2) is 0 Å². The van der Waals surface area contributed by atoms with E-state index in [-0.39, 0.29) is 18.2 Å². The molecule has 0 amide bonds. The molecule has 19 heavy (non-hydrogen) atoms. The third-order valence-electron chi connectivity index (χ3n) is 3.84. The van der Waals surface area contributed by atoms with E-state index in [0.29, 0.717) is 15.5 Å². The monoisotopic (exact) mass is 301 g/mol. The van der Waals surface area contributed by atoms with Crippen LogP contribution in [0.1, 0.15) is 24.8 Å². The lowest BCUT2D eigenvalue weighted by atomic mass is 9.96. The van der Waals surface area contributed by atoms with Crippen molar-refractivity contribution in [1.29, 1.82) is 0 Å². The minimum absolute atomic E-state index is 0.0346. The molecule has 2 saturated heterocycles. The summed E-state index contributed by atoms with van der Waals surface area (Å²) < 4.78 is 33.2. The topological polar surface area (TPSA) is 55.4 Å². The third-order valence-corrected chi connectivity index (χ3v) is 5.72. The number of nitrogens with one attached hydrogen (secondary N) is 1. The molecule has 2 fully saturated rings. The van der Waals surface area contributed by atoms with Gasteiger partial charge in [-0.15, -0.1) is 0 Å². The van der Waals surface area contributed by atoms with Gasteiger partial charge in [-0.2, -0.15) is 0 Å². The molecular weight excluding hydrogens is 286 g/mol. The SMILES string of the molecule is Cc1cc(Cl)ccc1S(=O)(=O)N[C@H]1C[C@H]2CC[C@H]1O2. The first-order valence-electron chi connectivity index (χ1n) is 6.40. The molecule has 1 aromatic carbocycles. The largest absolute Gasteiger partial charge is 0.373 e. The number of fused-ring (bicyclic) bond motifs is 2. The zero-order valence-corrected chi connectivity index (χ0v) is 12.2. The van der Waals surface area contributed by atoms with Crippen LogP contribution in [0, 0.1) is 6.92 Å². The van der Waals surface area contributed by atoms with Crippen molar-refractivity contribution in [1.82, 2.24) is 4.72 Å². The highest BCUT2D eigenvalue weighted by atomic mass is 35.5. The van der Waals surface area contributed by atoms with Gasteiger partial charge in [-0.1, -0.05) is 11.6 Å². The number of ether oxygens (including phenoxy) is 1. The van der Waals surface area contributed by atoms with Gasteiger partial charge in [0.05, 0.1) is 23.1 Å². The van der Waals surface area contributed by atoms with E-state index in [9.17, 15) is 8.42 Å². The fourth-order valence-electron chi connectivity index (χ4n) is 2.94. The Hall–Kier alpha value is -0.620. The van der Waals surface area contributed by atoms with Crippen molar-refractivity contribution in [3.63, 3.8) is 0 Å². The van der Waals surface area contributed by atoms with Gasteiger partial charge in [-0.05, 0) is 49.9 Å². The minimum Gasteiger partial charge on any atom is -0.373 e. The summed E-state index contributed by atoms with van der Waals surface area (Å²) in [6.45, 7) is 1.75. The maximum absolute atomic E-state index is 12.4. The predicted octanol–water partition coefficient (Wildman–Crippen LogP) is 2.25. The smallest absolute Gasteiger partial charge is 0.241 e. The number of rotatable bonds is 3. The number of aryl methyl sites for hydroxylation is 1. The average Bonchev–Trinajstić information content (AvgIpc) is 2.89. The zero-order valence-electron chi connectivity index (χ0n) is 10.6. The molecule has 1 aromatic rings. The molecule has 2 aliphatic rings. The van der Waals surface area contributed by atoms with Crippen LogP contribution in [-0.2, 0) is 14.8 Å². The Morgan fingerprint density at radius 3 is 2.74 bits per heavy atom. The lowest BCUT2D eigenvalue weighted by molar-refractivity contribution is 0.0996.